The van der Waals surface area contributed by atoms with Crippen LogP contribution in [0.25, 0.3) is 5.69 Å². The van der Waals surface area contributed by atoms with Gasteiger partial charge in [0.05, 0.1) is 28.8 Å². The van der Waals surface area contributed by atoms with Gasteiger partial charge in [0.2, 0.25) is 0 Å². The maximum Gasteiger partial charge on any atom is 0.260 e. The number of nitrogens with zero attached hydrogens (tertiary/aromatic N) is 4. The highest BCUT2D eigenvalue weighted by Gasteiger charge is 2.19. The highest BCUT2D eigenvalue weighted by molar-refractivity contribution is 9.10. The van der Waals surface area contributed by atoms with Gasteiger partial charge in [0, 0.05) is 16.4 Å². The van der Waals surface area contributed by atoms with Gasteiger partial charge in [-0.3, -0.25) is 15.0 Å². The average Bonchev–Trinajstić information content (AvgIpc) is 3.30. The molecule has 29 heavy (non-hydrogen) atoms. The first-order valence-electron chi connectivity index (χ1n) is 9.78. The number of halogens is 1. The van der Waals surface area contributed by atoms with Crippen molar-refractivity contribution < 1.29 is 4.79 Å². The van der Waals surface area contributed by atoms with Gasteiger partial charge in [-0.2, -0.15) is 5.10 Å². The molecule has 6 nitrogen and oxygen atoms in total. The number of rotatable bonds is 5. The Morgan fingerprint density at radius 3 is 2.72 bits per heavy atom. The number of aromatic nitrogens is 3. The highest BCUT2D eigenvalue weighted by atomic mass is 79.9. The Bertz CT molecular complexity index is 989. The average molecular weight is 474 g/mol. The standard InChI is InChI=1S/C21H24BrN5OS/c1-14-7-9-26(10-8-14)12-17-13-29-21(24-17)25-20(28)19-11-23-27(15(19)2)18-5-3-16(22)4-6-18/h3-6,11,13-14H,7-10,12H2,1-2H3,(H,24,25,28). The lowest BCUT2D eigenvalue weighted by Crippen LogP contribution is -2.32. The zero-order valence-corrected chi connectivity index (χ0v) is 19.0. The topological polar surface area (TPSA) is 63.1 Å². The first-order chi connectivity index (χ1) is 14.0. The summed E-state index contributed by atoms with van der Waals surface area (Å²) in [6.07, 6.45) is 4.10. The van der Waals surface area contributed by atoms with E-state index in [1.54, 1.807) is 10.9 Å². The predicted octanol–water partition coefficient (Wildman–Crippen LogP) is 4.88. The SMILES string of the molecule is Cc1c(C(=O)Nc2nc(CN3CCC(C)CC3)cs2)cnn1-c1ccc(Br)cc1. The molecule has 0 unspecified atom stereocenters. The van der Waals surface area contributed by atoms with E-state index in [4.69, 9.17) is 0 Å². The smallest absolute Gasteiger partial charge is 0.260 e. The quantitative estimate of drug-likeness (QED) is 0.573. The number of piperidine rings is 1. The Kier molecular flexibility index (Phi) is 6.12. The van der Waals surface area contributed by atoms with Gasteiger partial charge in [-0.1, -0.05) is 22.9 Å². The maximum absolute atomic E-state index is 12.8. The van der Waals surface area contributed by atoms with E-state index in [-0.39, 0.29) is 5.91 Å². The number of amides is 1. The summed E-state index contributed by atoms with van der Waals surface area (Å²) in [5, 5.41) is 9.97. The second-order valence-electron chi connectivity index (χ2n) is 7.59. The van der Waals surface area contributed by atoms with Crippen LogP contribution in [0.2, 0.25) is 0 Å². The summed E-state index contributed by atoms with van der Waals surface area (Å²) in [6, 6.07) is 7.83. The van der Waals surface area contributed by atoms with Gasteiger partial charge in [0.25, 0.3) is 5.91 Å². The van der Waals surface area contributed by atoms with E-state index >= 15 is 0 Å². The second-order valence-corrected chi connectivity index (χ2v) is 9.36. The summed E-state index contributed by atoms with van der Waals surface area (Å²) in [5.41, 5.74) is 3.28. The van der Waals surface area contributed by atoms with E-state index in [0.29, 0.717) is 10.7 Å². The molecule has 1 aromatic carbocycles. The van der Waals surface area contributed by atoms with E-state index in [2.05, 4.69) is 43.2 Å². The van der Waals surface area contributed by atoms with Crippen LogP contribution in [0, 0.1) is 12.8 Å². The van der Waals surface area contributed by atoms with Crippen LogP contribution in [0.1, 0.15) is 41.5 Å². The zero-order valence-electron chi connectivity index (χ0n) is 16.6. The fraction of sp³-hybridized carbons (Fsp3) is 0.381. The Balaban J connectivity index is 1.41. The molecule has 0 radical (unpaired) electrons. The number of likely N-dealkylation sites (tertiary alicyclic amines) is 1. The van der Waals surface area contributed by atoms with Crippen LogP contribution in [0.15, 0.2) is 40.3 Å². The third-order valence-electron chi connectivity index (χ3n) is 5.36. The van der Waals surface area contributed by atoms with Crippen molar-refractivity contribution in [3.63, 3.8) is 0 Å². The number of benzene rings is 1. The Labute approximate surface area is 183 Å². The minimum atomic E-state index is -0.182. The minimum Gasteiger partial charge on any atom is -0.298 e. The molecule has 152 valence electrons. The van der Waals surface area contributed by atoms with Crippen molar-refractivity contribution in [1.82, 2.24) is 19.7 Å². The first kappa shape index (κ1) is 20.3. The Morgan fingerprint density at radius 1 is 1.28 bits per heavy atom. The molecule has 3 aromatic rings. The van der Waals surface area contributed by atoms with Crippen molar-refractivity contribution in [2.45, 2.75) is 33.2 Å². The van der Waals surface area contributed by atoms with Gasteiger partial charge in [0.15, 0.2) is 5.13 Å². The predicted molar refractivity (Wildman–Crippen MR) is 120 cm³/mol. The second kappa shape index (κ2) is 8.77. The van der Waals surface area contributed by atoms with Crippen LogP contribution in [0.3, 0.4) is 0 Å². The maximum atomic E-state index is 12.8. The van der Waals surface area contributed by atoms with Crippen LogP contribution in [-0.4, -0.2) is 38.7 Å². The largest absolute Gasteiger partial charge is 0.298 e. The molecule has 1 N–H and O–H groups in total. The third kappa shape index (κ3) is 4.76. The number of carbonyl (C=O) groups is 1. The van der Waals surface area contributed by atoms with Crippen molar-refractivity contribution in [3.8, 4) is 5.69 Å². The van der Waals surface area contributed by atoms with Crippen molar-refractivity contribution in [2.24, 2.45) is 5.92 Å². The Hall–Kier alpha value is -2.03. The molecule has 0 aliphatic carbocycles. The van der Waals surface area contributed by atoms with Crippen molar-refractivity contribution in [1.29, 1.82) is 0 Å². The van der Waals surface area contributed by atoms with E-state index < -0.39 is 0 Å². The van der Waals surface area contributed by atoms with Gasteiger partial charge in [-0.15, -0.1) is 11.3 Å². The number of anilines is 1. The zero-order chi connectivity index (χ0) is 20.4. The first-order valence-corrected chi connectivity index (χ1v) is 11.5. The summed E-state index contributed by atoms with van der Waals surface area (Å²) in [5.74, 6) is 0.636. The number of carbonyl (C=O) groups excluding carboxylic acids is 1. The number of nitrogens with one attached hydrogen (secondary N) is 1. The van der Waals surface area contributed by atoms with Crippen molar-refractivity contribution in [2.75, 3.05) is 18.4 Å². The van der Waals surface area contributed by atoms with Gasteiger partial charge >= 0.3 is 0 Å². The van der Waals surface area contributed by atoms with Gasteiger partial charge in [0.1, 0.15) is 0 Å². The van der Waals surface area contributed by atoms with Gasteiger partial charge in [-0.25, -0.2) is 9.67 Å². The molecule has 1 amide bonds. The lowest BCUT2D eigenvalue weighted by molar-refractivity contribution is 0.102. The minimum absolute atomic E-state index is 0.182. The summed E-state index contributed by atoms with van der Waals surface area (Å²) >= 11 is 4.91. The van der Waals surface area contributed by atoms with Crippen molar-refractivity contribution >= 4 is 38.3 Å². The summed E-state index contributed by atoms with van der Waals surface area (Å²) in [6.45, 7) is 7.30. The van der Waals surface area contributed by atoms with E-state index in [0.717, 1.165) is 47.1 Å². The fourth-order valence-electron chi connectivity index (χ4n) is 3.53. The molecule has 1 aliphatic rings. The summed E-state index contributed by atoms with van der Waals surface area (Å²) in [4.78, 5) is 19.8. The fourth-order valence-corrected chi connectivity index (χ4v) is 4.49. The number of hydrogen-bond donors (Lipinski definition) is 1. The molecular weight excluding hydrogens is 450 g/mol. The number of hydrogen-bond acceptors (Lipinski definition) is 5. The van der Waals surface area contributed by atoms with Gasteiger partial charge < -0.3 is 0 Å². The van der Waals surface area contributed by atoms with E-state index in [1.807, 2.05) is 36.6 Å². The molecule has 0 atom stereocenters. The molecule has 1 fully saturated rings. The van der Waals surface area contributed by atoms with Crippen molar-refractivity contribution in [3.05, 3.63) is 57.3 Å². The van der Waals surface area contributed by atoms with Crippen LogP contribution in [0.4, 0.5) is 5.13 Å². The molecule has 0 saturated carbocycles. The van der Waals surface area contributed by atoms with Gasteiger partial charge in [-0.05, 0) is 63.0 Å². The molecule has 1 saturated heterocycles. The molecule has 1 aliphatic heterocycles. The summed E-state index contributed by atoms with van der Waals surface area (Å²) < 4.78 is 2.77. The van der Waals surface area contributed by atoms with Crippen LogP contribution in [-0.2, 0) is 6.54 Å². The molecule has 0 spiro atoms. The normalized spacial score (nSPS) is 15.6. The third-order valence-corrected chi connectivity index (χ3v) is 6.69. The molecule has 8 heteroatoms. The molecule has 2 aromatic heterocycles. The monoisotopic (exact) mass is 473 g/mol. The molecule has 4 rings (SSSR count). The Morgan fingerprint density at radius 2 is 2.00 bits per heavy atom. The lowest BCUT2D eigenvalue weighted by Gasteiger charge is -2.29. The van der Waals surface area contributed by atoms with Crippen LogP contribution < -0.4 is 5.32 Å². The summed E-state index contributed by atoms with van der Waals surface area (Å²) in [7, 11) is 0. The number of thiazole rings is 1. The molecular formula is C21H24BrN5OS. The van der Waals surface area contributed by atoms with E-state index in [9.17, 15) is 4.79 Å². The molecule has 3 heterocycles. The lowest BCUT2D eigenvalue weighted by atomic mass is 9.99. The van der Waals surface area contributed by atoms with E-state index in [1.165, 1.54) is 24.2 Å². The highest BCUT2D eigenvalue weighted by Crippen LogP contribution is 2.22. The molecule has 0 bridgehead atoms. The van der Waals surface area contributed by atoms with Crippen LogP contribution in [0.5, 0.6) is 0 Å². The van der Waals surface area contributed by atoms with Crippen LogP contribution >= 0.6 is 27.3 Å².